The molecular formula is C27H31N3O3S. The number of hydrogen-bond donors (Lipinski definition) is 1. The van der Waals surface area contributed by atoms with Gasteiger partial charge in [0.05, 0.1) is 0 Å². The van der Waals surface area contributed by atoms with E-state index in [1.807, 2.05) is 40.9 Å². The van der Waals surface area contributed by atoms with Gasteiger partial charge < -0.3 is 9.50 Å². The molecule has 7 heteroatoms. The first-order valence-corrected chi connectivity index (χ1v) is 12.7. The van der Waals surface area contributed by atoms with Gasteiger partial charge in [-0.3, -0.25) is 4.40 Å². The molecule has 0 aliphatic rings. The Bertz CT molecular complexity index is 1400. The third kappa shape index (κ3) is 5.25. The molecule has 178 valence electrons. The van der Waals surface area contributed by atoms with Crippen LogP contribution in [0.3, 0.4) is 0 Å². The minimum Gasteiger partial charge on any atom is -0.378 e. The molecule has 0 aliphatic carbocycles. The number of nitrogens with zero attached hydrogens (tertiary/aromatic N) is 2. The Hall–Kier alpha value is -3.32. The Morgan fingerprint density at radius 1 is 0.882 bits per heavy atom. The smallest absolute Gasteiger partial charge is 0.339 e. The number of fused-ring (bicyclic) bond motifs is 1. The van der Waals surface area contributed by atoms with E-state index in [0.717, 1.165) is 17.9 Å². The quantitative estimate of drug-likeness (QED) is 0.312. The maximum Gasteiger partial charge on any atom is 0.339 e. The van der Waals surface area contributed by atoms with E-state index in [1.165, 1.54) is 12.1 Å². The molecule has 4 rings (SSSR count). The van der Waals surface area contributed by atoms with Crippen LogP contribution in [0.15, 0.2) is 83.9 Å². The number of imidazole rings is 1. The Morgan fingerprint density at radius 2 is 1.53 bits per heavy atom. The van der Waals surface area contributed by atoms with E-state index in [-0.39, 0.29) is 21.6 Å². The van der Waals surface area contributed by atoms with Gasteiger partial charge in [-0.15, -0.1) is 0 Å². The molecule has 0 saturated carbocycles. The van der Waals surface area contributed by atoms with Crippen LogP contribution in [0.2, 0.25) is 0 Å². The Balaban J connectivity index is 1.82. The fraction of sp³-hybridized carbons (Fsp3) is 0.296. The van der Waals surface area contributed by atoms with Crippen LogP contribution in [0.4, 0.5) is 5.82 Å². The van der Waals surface area contributed by atoms with Gasteiger partial charge in [0.25, 0.3) is 0 Å². The summed E-state index contributed by atoms with van der Waals surface area (Å²) in [7, 11) is -4.00. The molecular weight excluding hydrogens is 446 g/mol. The molecule has 0 saturated heterocycles. The second kappa shape index (κ2) is 8.80. The van der Waals surface area contributed by atoms with Gasteiger partial charge in [0, 0.05) is 17.3 Å². The molecule has 6 nitrogen and oxygen atoms in total. The van der Waals surface area contributed by atoms with E-state index < -0.39 is 10.1 Å². The molecule has 2 heterocycles. The number of hydrogen-bond acceptors (Lipinski definition) is 5. The highest BCUT2D eigenvalue weighted by molar-refractivity contribution is 7.87. The van der Waals surface area contributed by atoms with E-state index in [2.05, 4.69) is 39.9 Å². The van der Waals surface area contributed by atoms with E-state index in [4.69, 9.17) is 9.17 Å². The van der Waals surface area contributed by atoms with E-state index in [0.29, 0.717) is 11.3 Å². The lowest BCUT2D eigenvalue weighted by molar-refractivity contribution is 0.302. The number of anilines is 1. The average molecular weight is 478 g/mol. The van der Waals surface area contributed by atoms with Crippen molar-refractivity contribution in [2.75, 3.05) is 5.32 Å². The molecule has 0 fully saturated rings. The van der Waals surface area contributed by atoms with Crippen LogP contribution in [0, 0.1) is 5.41 Å². The van der Waals surface area contributed by atoms with Gasteiger partial charge in [-0.05, 0) is 62.1 Å². The van der Waals surface area contributed by atoms with Gasteiger partial charge in [-0.2, -0.15) is 8.42 Å². The molecule has 2 aromatic heterocycles. The van der Waals surface area contributed by atoms with Gasteiger partial charge in [0.2, 0.25) is 0 Å². The molecule has 0 bridgehead atoms. The normalized spacial score (nSPS) is 12.6. The summed E-state index contributed by atoms with van der Waals surface area (Å²) in [4.78, 5) is 4.95. The first-order chi connectivity index (χ1) is 16.0. The lowest BCUT2D eigenvalue weighted by Gasteiger charge is -2.34. The summed E-state index contributed by atoms with van der Waals surface area (Å²) in [6.07, 6.45) is 2.87. The highest BCUT2D eigenvalue weighted by atomic mass is 32.2. The maximum absolute atomic E-state index is 13.0. The zero-order chi connectivity index (χ0) is 24.6. The van der Waals surface area contributed by atoms with Crippen LogP contribution in [0.1, 0.15) is 41.0 Å². The van der Waals surface area contributed by atoms with Crippen molar-refractivity contribution in [3.8, 4) is 17.0 Å². The predicted molar refractivity (Wildman–Crippen MR) is 137 cm³/mol. The van der Waals surface area contributed by atoms with Crippen LogP contribution < -0.4 is 9.50 Å². The molecule has 0 radical (unpaired) electrons. The molecule has 1 N–H and O–H groups in total. The molecule has 0 unspecified atom stereocenters. The largest absolute Gasteiger partial charge is 0.378 e. The third-order valence-corrected chi connectivity index (χ3v) is 6.58. The SMILES string of the molecule is CC(C)(C)CC(C)(C)Nc1c(-c2ccccc2OS(=O)(=O)c2ccccc2)nc2ccccn12. The lowest BCUT2D eigenvalue weighted by Crippen LogP contribution is -2.36. The van der Waals surface area contributed by atoms with Crippen molar-refractivity contribution in [2.45, 2.75) is 51.5 Å². The van der Waals surface area contributed by atoms with Crippen molar-refractivity contribution in [1.29, 1.82) is 0 Å². The van der Waals surface area contributed by atoms with Crippen LogP contribution in [0.5, 0.6) is 5.75 Å². The van der Waals surface area contributed by atoms with Crippen molar-refractivity contribution >= 4 is 21.6 Å². The predicted octanol–water partition coefficient (Wildman–Crippen LogP) is 6.40. The fourth-order valence-corrected chi connectivity index (χ4v) is 5.45. The second-order valence-corrected chi connectivity index (χ2v) is 11.9. The van der Waals surface area contributed by atoms with E-state index >= 15 is 0 Å². The zero-order valence-electron chi connectivity index (χ0n) is 20.2. The molecule has 0 amide bonds. The average Bonchev–Trinajstić information content (AvgIpc) is 3.10. The Kier molecular flexibility index (Phi) is 6.16. The topological polar surface area (TPSA) is 72.7 Å². The summed E-state index contributed by atoms with van der Waals surface area (Å²) >= 11 is 0. The summed E-state index contributed by atoms with van der Waals surface area (Å²) in [5.74, 6) is 1.02. The molecule has 0 atom stereocenters. The molecule has 2 aromatic carbocycles. The van der Waals surface area contributed by atoms with Crippen molar-refractivity contribution in [1.82, 2.24) is 9.38 Å². The highest BCUT2D eigenvalue weighted by Crippen LogP contribution is 2.39. The minimum absolute atomic E-state index is 0.101. The number of rotatable bonds is 7. The van der Waals surface area contributed by atoms with Crippen LogP contribution in [-0.2, 0) is 10.1 Å². The molecule has 4 aromatic rings. The van der Waals surface area contributed by atoms with E-state index in [1.54, 1.807) is 30.3 Å². The minimum atomic E-state index is -4.00. The number of benzene rings is 2. The summed E-state index contributed by atoms with van der Waals surface area (Å²) in [6, 6.07) is 21.0. The fourth-order valence-electron chi connectivity index (χ4n) is 4.48. The number of nitrogens with one attached hydrogen (secondary N) is 1. The van der Waals surface area contributed by atoms with Gasteiger partial charge in [0.1, 0.15) is 22.1 Å². The van der Waals surface area contributed by atoms with Gasteiger partial charge in [-0.1, -0.05) is 57.2 Å². The second-order valence-electron chi connectivity index (χ2n) is 10.3. The number of pyridine rings is 1. The number of para-hydroxylation sites is 1. The van der Waals surface area contributed by atoms with E-state index in [9.17, 15) is 8.42 Å². The summed E-state index contributed by atoms with van der Waals surface area (Å²) < 4.78 is 33.5. The van der Waals surface area contributed by atoms with Crippen LogP contribution in [0.25, 0.3) is 16.9 Å². The Morgan fingerprint density at radius 3 is 2.24 bits per heavy atom. The first-order valence-electron chi connectivity index (χ1n) is 11.3. The highest BCUT2D eigenvalue weighted by Gasteiger charge is 2.29. The van der Waals surface area contributed by atoms with Crippen LogP contribution >= 0.6 is 0 Å². The van der Waals surface area contributed by atoms with Crippen molar-refractivity contribution < 1.29 is 12.6 Å². The van der Waals surface area contributed by atoms with Gasteiger partial charge >= 0.3 is 10.1 Å². The first kappa shape index (κ1) is 23.8. The van der Waals surface area contributed by atoms with Crippen molar-refractivity contribution in [3.63, 3.8) is 0 Å². The lowest BCUT2D eigenvalue weighted by atomic mass is 9.82. The standard InChI is InChI=1S/C27H31N3O3S/c1-26(2,3)19-27(4,5)29-25-24(28-23-17-11-12-18-30(23)25)21-15-9-10-16-22(21)33-34(31,32)20-13-7-6-8-14-20/h6-18,29H,19H2,1-5H3. The maximum atomic E-state index is 13.0. The molecule has 34 heavy (non-hydrogen) atoms. The third-order valence-electron chi connectivity index (χ3n) is 5.33. The van der Waals surface area contributed by atoms with Gasteiger partial charge in [-0.25, -0.2) is 4.98 Å². The number of aromatic nitrogens is 2. The zero-order valence-corrected chi connectivity index (χ0v) is 21.1. The van der Waals surface area contributed by atoms with Crippen LogP contribution in [-0.4, -0.2) is 23.3 Å². The van der Waals surface area contributed by atoms with Gasteiger partial charge in [0.15, 0.2) is 5.75 Å². The molecule has 0 spiro atoms. The summed E-state index contributed by atoms with van der Waals surface area (Å²) in [5.41, 5.74) is 1.85. The summed E-state index contributed by atoms with van der Waals surface area (Å²) in [6.45, 7) is 11.0. The van der Waals surface area contributed by atoms with Crippen molar-refractivity contribution in [2.24, 2.45) is 5.41 Å². The summed E-state index contributed by atoms with van der Waals surface area (Å²) in [5, 5.41) is 3.68. The van der Waals surface area contributed by atoms with Crippen molar-refractivity contribution in [3.05, 3.63) is 79.0 Å². The molecule has 0 aliphatic heterocycles. The Labute approximate surface area is 201 Å². The monoisotopic (exact) mass is 477 g/mol.